The zero-order valence-corrected chi connectivity index (χ0v) is 14.0. The summed E-state index contributed by atoms with van der Waals surface area (Å²) in [5.41, 5.74) is 9.94. The Bertz CT molecular complexity index is 1080. The average Bonchev–Trinajstić information content (AvgIpc) is 2.96. The zero-order chi connectivity index (χ0) is 17.4. The van der Waals surface area contributed by atoms with Gasteiger partial charge in [0.15, 0.2) is 0 Å². The van der Waals surface area contributed by atoms with Crippen molar-refractivity contribution in [3.05, 3.63) is 77.9 Å². The van der Waals surface area contributed by atoms with E-state index in [1.807, 2.05) is 30.3 Å². The van der Waals surface area contributed by atoms with E-state index in [-0.39, 0.29) is 5.84 Å². The van der Waals surface area contributed by atoms with Gasteiger partial charge in [-0.2, -0.15) is 0 Å². The smallest absolute Gasteiger partial charge is 0.122 e. The molecule has 4 nitrogen and oxygen atoms in total. The number of fused-ring (bicyclic) bond motifs is 3. The predicted molar refractivity (Wildman–Crippen MR) is 103 cm³/mol. The molecule has 3 aromatic carbocycles. The third kappa shape index (κ3) is 2.62. The third-order valence-corrected chi connectivity index (χ3v) is 4.58. The lowest BCUT2D eigenvalue weighted by atomic mass is 10.1. The van der Waals surface area contributed by atoms with Crippen LogP contribution in [0.15, 0.2) is 66.7 Å². The van der Waals surface area contributed by atoms with Gasteiger partial charge in [0, 0.05) is 33.9 Å². The molecule has 0 atom stereocenters. The van der Waals surface area contributed by atoms with Gasteiger partial charge in [0.2, 0.25) is 0 Å². The Balaban J connectivity index is 1.90. The Kier molecular flexibility index (Phi) is 3.65. The van der Waals surface area contributed by atoms with Crippen molar-refractivity contribution in [2.24, 2.45) is 5.73 Å². The van der Waals surface area contributed by atoms with Gasteiger partial charge >= 0.3 is 0 Å². The van der Waals surface area contributed by atoms with Crippen LogP contribution < -0.4 is 10.5 Å². The van der Waals surface area contributed by atoms with Crippen LogP contribution in [0.5, 0.6) is 5.75 Å². The lowest BCUT2D eigenvalue weighted by Crippen LogP contribution is -2.10. The molecule has 1 aromatic heterocycles. The monoisotopic (exact) mass is 329 g/mol. The van der Waals surface area contributed by atoms with E-state index in [4.69, 9.17) is 15.9 Å². The number of nitrogens with zero attached hydrogens (tertiary/aromatic N) is 1. The fraction of sp³-hybridized carbons (Fsp3) is 0.0952. The summed E-state index contributed by atoms with van der Waals surface area (Å²) in [4.78, 5) is 0. The quantitative estimate of drug-likeness (QED) is 0.437. The summed E-state index contributed by atoms with van der Waals surface area (Å²) in [5, 5.41) is 10.00. The van der Waals surface area contributed by atoms with E-state index in [0.717, 1.165) is 28.8 Å². The van der Waals surface area contributed by atoms with Crippen LogP contribution in [0, 0.1) is 5.41 Å². The second-order valence-corrected chi connectivity index (χ2v) is 6.10. The standard InChI is InChI=1S/C21H19N3O/c1-25-16-9-6-14(7-10-16)13-24-19-5-3-2-4-17(19)18-12-15(21(22)23)8-11-20(18)24/h2-12H,13H2,1H3,(H3,22,23). The van der Waals surface area contributed by atoms with Crippen molar-refractivity contribution >= 4 is 27.6 Å². The molecule has 3 N–H and O–H groups in total. The van der Waals surface area contributed by atoms with E-state index in [2.05, 4.69) is 41.0 Å². The van der Waals surface area contributed by atoms with Crippen molar-refractivity contribution in [3.63, 3.8) is 0 Å². The maximum Gasteiger partial charge on any atom is 0.122 e. The number of aromatic nitrogens is 1. The van der Waals surface area contributed by atoms with Crippen LogP contribution in [0.4, 0.5) is 0 Å². The molecule has 1 heterocycles. The number of nitrogens with two attached hydrogens (primary N) is 1. The molecule has 0 saturated carbocycles. The molecule has 4 aromatic rings. The molecular weight excluding hydrogens is 310 g/mol. The molecule has 0 aliphatic rings. The van der Waals surface area contributed by atoms with Crippen LogP contribution in [0.2, 0.25) is 0 Å². The first-order chi connectivity index (χ1) is 12.2. The van der Waals surface area contributed by atoms with Crippen LogP contribution >= 0.6 is 0 Å². The molecule has 0 spiro atoms. The topological polar surface area (TPSA) is 64.0 Å². The molecule has 0 fully saturated rings. The van der Waals surface area contributed by atoms with Gasteiger partial charge in [-0.05, 0) is 42.0 Å². The summed E-state index contributed by atoms with van der Waals surface area (Å²) in [5.74, 6) is 0.950. The van der Waals surface area contributed by atoms with Crippen molar-refractivity contribution in [1.82, 2.24) is 4.57 Å². The molecule has 0 saturated heterocycles. The minimum Gasteiger partial charge on any atom is -0.497 e. The number of amidine groups is 1. The number of benzene rings is 3. The van der Waals surface area contributed by atoms with E-state index < -0.39 is 0 Å². The summed E-state index contributed by atoms with van der Waals surface area (Å²) < 4.78 is 7.54. The van der Waals surface area contributed by atoms with Gasteiger partial charge in [-0.15, -0.1) is 0 Å². The van der Waals surface area contributed by atoms with Gasteiger partial charge in [0.05, 0.1) is 7.11 Å². The Morgan fingerprint density at radius 2 is 1.68 bits per heavy atom. The summed E-state index contributed by atoms with van der Waals surface area (Å²) in [6.45, 7) is 0.771. The lowest BCUT2D eigenvalue weighted by molar-refractivity contribution is 0.414. The van der Waals surface area contributed by atoms with Crippen molar-refractivity contribution in [1.29, 1.82) is 5.41 Å². The number of hydrogen-bond donors (Lipinski definition) is 2. The van der Waals surface area contributed by atoms with Crippen LogP contribution in [0.25, 0.3) is 21.8 Å². The molecule has 124 valence electrons. The number of hydrogen-bond acceptors (Lipinski definition) is 2. The van der Waals surface area contributed by atoms with Gasteiger partial charge in [0.1, 0.15) is 11.6 Å². The first kappa shape index (κ1) is 15.3. The molecule has 0 bridgehead atoms. The van der Waals surface area contributed by atoms with Crippen molar-refractivity contribution in [3.8, 4) is 5.75 Å². The van der Waals surface area contributed by atoms with E-state index in [9.17, 15) is 0 Å². The first-order valence-electron chi connectivity index (χ1n) is 8.15. The Morgan fingerprint density at radius 1 is 0.960 bits per heavy atom. The highest BCUT2D eigenvalue weighted by Crippen LogP contribution is 2.30. The zero-order valence-electron chi connectivity index (χ0n) is 14.0. The highest BCUT2D eigenvalue weighted by molar-refractivity contribution is 6.10. The lowest BCUT2D eigenvalue weighted by Gasteiger charge is -2.09. The number of nitrogen functional groups attached to an aromatic ring is 1. The van der Waals surface area contributed by atoms with Gasteiger partial charge in [-0.3, -0.25) is 5.41 Å². The van der Waals surface area contributed by atoms with Gasteiger partial charge in [-0.1, -0.05) is 30.3 Å². The number of nitrogens with one attached hydrogen (secondary N) is 1. The molecule has 25 heavy (non-hydrogen) atoms. The van der Waals surface area contributed by atoms with E-state index in [1.54, 1.807) is 7.11 Å². The largest absolute Gasteiger partial charge is 0.497 e. The summed E-state index contributed by atoms with van der Waals surface area (Å²) in [7, 11) is 1.68. The molecule has 0 unspecified atom stereocenters. The van der Waals surface area contributed by atoms with E-state index in [1.165, 1.54) is 16.5 Å². The Hall–Kier alpha value is -3.27. The van der Waals surface area contributed by atoms with Crippen LogP contribution in [0.1, 0.15) is 11.1 Å². The highest BCUT2D eigenvalue weighted by atomic mass is 16.5. The fourth-order valence-electron chi connectivity index (χ4n) is 3.31. The predicted octanol–water partition coefficient (Wildman–Crippen LogP) is 4.14. The number of para-hydroxylation sites is 1. The van der Waals surface area contributed by atoms with E-state index in [0.29, 0.717) is 0 Å². The molecule has 0 amide bonds. The number of methoxy groups -OCH3 is 1. The molecule has 0 radical (unpaired) electrons. The molecule has 4 heteroatoms. The van der Waals surface area contributed by atoms with Crippen molar-refractivity contribution < 1.29 is 4.74 Å². The van der Waals surface area contributed by atoms with Gasteiger partial charge in [0.25, 0.3) is 0 Å². The Morgan fingerprint density at radius 3 is 2.40 bits per heavy atom. The van der Waals surface area contributed by atoms with Crippen LogP contribution in [-0.4, -0.2) is 17.5 Å². The van der Waals surface area contributed by atoms with Crippen LogP contribution in [0.3, 0.4) is 0 Å². The highest BCUT2D eigenvalue weighted by Gasteiger charge is 2.12. The Labute approximate surface area is 146 Å². The van der Waals surface area contributed by atoms with Crippen LogP contribution in [-0.2, 0) is 6.54 Å². The number of ether oxygens (including phenoxy) is 1. The fourth-order valence-corrected chi connectivity index (χ4v) is 3.31. The molecule has 0 aliphatic heterocycles. The van der Waals surface area contributed by atoms with Crippen molar-refractivity contribution in [2.45, 2.75) is 6.54 Å². The summed E-state index contributed by atoms with van der Waals surface area (Å²) in [6, 6.07) is 22.4. The second kappa shape index (κ2) is 5.98. The molecule has 4 rings (SSSR count). The molecular formula is C21H19N3O. The number of rotatable bonds is 4. The minimum atomic E-state index is 0.0916. The van der Waals surface area contributed by atoms with Gasteiger partial charge < -0.3 is 15.0 Å². The van der Waals surface area contributed by atoms with Gasteiger partial charge in [-0.25, -0.2) is 0 Å². The molecule has 0 aliphatic carbocycles. The minimum absolute atomic E-state index is 0.0916. The summed E-state index contributed by atoms with van der Waals surface area (Å²) >= 11 is 0. The second-order valence-electron chi connectivity index (χ2n) is 6.10. The summed E-state index contributed by atoms with van der Waals surface area (Å²) in [6.07, 6.45) is 0. The van der Waals surface area contributed by atoms with Crippen molar-refractivity contribution in [2.75, 3.05) is 7.11 Å². The third-order valence-electron chi connectivity index (χ3n) is 4.58. The normalized spacial score (nSPS) is 11.1. The SMILES string of the molecule is COc1ccc(Cn2c3ccccc3c3cc(C(=N)N)ccc32)cc1. The van der Waals surface area contributed by atoms with E-state index >= 15 is 0 Å². The maximum absolute atomic E-state index is 7.70. The average molecular weight is 329 g/mol. The maximum atomic E-state index is 7.70. The first-order valence-corrected chi connectivity index (χ1v) is 8.15.